The Balaban J connectivity index is 3.22. The van der Waals surface area contributed by atoms with Gasteiger partial charge in [0.2, 0.25) is 0 Å². The third-order valence-corrected chi connectivity index (χ3v) is 1.95. The SMILES string of the molecule is CC(=O)CCC(C)CCOP. The van der Waals surface area contributed by atoms with Crippen molar-refractivity contribution in [3.63, 3.8) is 0 Å². The number of hydrogen-bond donors (Lipinski definition) is 0. The minimum atomic E-state index is 0.281. The molecule has 0 aliphatic carbocycles. The summed E-state index contributed by atoms with van der Waals surface area (Å²) in [5.41, 5.74) is 0. The Morgan fingerprint density at radius 2 is 2.18 bits per heavy atom. The maximum absolute atomic E-state index is 10.6. The molecular weight excluding hydrogens is 159 g/mol. The average molecular weight is 176 g/mol. The third-order valence-electron chi connectivity index (χ3n) is 1.72. The van der Waals surface area contributed by atoms with Crippen molar-refractivity contribution >= 4 is 15.2 Å². The van der Waals surface area contributed by atoms with Crippen LogP contribution in [0.15, 0.2) is 0 Å². The van der Waals surface area contributed by atoms with Crippen LogP contribution in [0.25, 0.3) is 0 Å². The van der Waals surface area contributed by atoms with Crippen LogP contribution in [-0.4, -0.2) is 12.4 Å². The Morgan fingerprint density at radius 3 is 2.64 bits per heavy atom. The molecule has 2 unspecified atom stereocenters. The topological polar surface area (TPSA) is 26.3 Å². The van der Waals surface area contributed by atoms with Crippen molar-refractivity contribution in [3.8, 4) is 0 Å². The molecular formula is C8H17O2P. The second-order valence-electron chi connectivity index (χ2n) is 3.01. The molecule has 3 heteroatoms. The summed E-state index contributed by atoms with van der Waals surface area (Å²) in [7, 11) is 2.23. The highest BCUT2D eigenvalue weighted by Gasteiger charge is 2.02. The van der Waals surface area contributed by atoms with Crippen molar-refractivity contribution in [2.75, 3.05) is 6.61 Å². The minimum Gasteiger partial charge on any atom is -0.366 e. The van der Waals surface area contributed by atoms with Crippen LogP contribution in [0.5, 0.6) is 0 Å². The number of ketones is 1. The van der Waals surface area contributed by atoms with Gasteiger partial charge >= 0.3 is 0 Å². The van der Waals surface area contributed by atoms with Gasteiger partial charge in [-0.2, -0.15) is 0 Å². The average Bonchev–Trinajstić information content (AvgIpc) is 1.97. The van der Waals surface area contributed by atoms with Crippen molar-refractivity contribution in [2.45, 2.75) is 33.1 Å². The number of Topliss-reactive ketones (excluding diaryl/α,β-unsaturated/α-hetero) is 1. The van der Waals surface area contributed by atoms with E-state index in [1.807, 2.05) is 0 Å². The molecule has 0 N–H and O–H groups in total. The number of rotatable bonds is 6. The molecule has 0 saturated heterocycles. The zero-order valence-electron chi connectivity index (χ0n) is 7.30. The lowest BCUT2D eigenvalue weighted by atomic mass is 10.0. The first-order chi connectivity index (χ1) is 5.16. The molecule has 0 amide bonds. The van der Waals surface area contributed by atoms with Crippen molar-refractivity contribution < 1.29 is 9.32 Å². The van der Waals surface area contributed by atoms with E-state index < -0.39 is 0 Å². The van der Waals surface area contributed by atoms with Gasteiger partial charge in [0.1, 0.15) is 5.78 Å². The van der Waals surface area contributed by atoms with Crippen LogP contribution >= 0.6 is 9.47 Å². The Morgan fingerprint density at radius 1 is 1.55 bits per heavy atom. The lowest BCUT2D eigenvalue weighted by Gasteiger charge is -2.08. The minimum absolute atomic E-state index is 0.281. The first-order valence-corrected chi connectivity index (χ1v) is 4.45. The second kappa shape index (κ2) is 6.75. The predicted molar refractivity (Wildman–Crippen MR) is 49.4 cm³/mol. The highest BCUT2D eigenvalue weighted by molar-refractivity contribution is 7.09. The van der Waals surface area contributed by atoms with Crippen LogP contribution in [0.2, 0.25) is 0 Å². The normalized spacial score (nSPS) is 13.0. The monoisotopic (exact) mass is 176 g/mol. The summed E-state index contributed by atoms with van der Waals surface area (Å²) in [6, 6.07) is 0. The molecule has 66 valence electrons. The fraction of sp³-hybridized carbons (Fsp3) is 0.875. The third kappa shape index (κ3) is 7.96. The first kappa shape index (κ1) is 11.1. The lowest BCUT2D eigenvalue weighted by molar-refractivity contribution is -0.117. The summed E-state index contributed by atoms with van der Waals surface area (Å²) in [6.07, 6.45) is 2.73. The van der Waals surface area contributed by atoms with Gasteiger partial charge in [-0.25, -0.2) is 0 Å². The van der Waals surface area contributed by atoms with Crippen molar-refractivity contribution in [3.05, 3.63) is 0 Å². The smallest absolute Gasteiger partial charge is 0.129 e. The highest BCUT2D eigenvalue weighted by Crippen LogP contribution is 2.10. The molecule has 0 saturated carbocycles. The van der Waals surface area contributed by atoms with Gasteiger partial charge in [-0.15, -0.1) is 0 Å². The zero-order chi connectivity index (χ0) is 8.69. The molecule has 0 spiro atoms. The standard InChI is InChI=1S/C8H17O2P/c1-7(5-6-10-11)3-4-8(2)9/h7H,3-6,11H2,1-2H3. The Bertz CT molecular complexity index is 115. The molecule has 2 nitrogen and oxygen atoms in total. The fourth-order valence-corrected chi connectivity index (χ4v) is 0.999. The maximum atomic E-state index is 10.6. The molecule has 0 aliphatic heterocycles. The number of carbonyl (C=O) groups excluding carboxylic acids is 1. The van der Waals surface area contributed by atoms with E-state index >= 15 is 0 Å². The number of carbonyl (C=O) groups is 1. The Labute approximate surface area is 71.0 Å². The highest BCUT2D eigenvalue weighted by atomic mass is 31.0. The lowest BCUT2D eigenvalue weighted by Crippen LogP contribution is -2.01. The van der Waals surface area contributed by atoms with Crippen LogP contribution in [-0.2, 0) is 9.32 Å². The molecule has 2 atom stereocenters. The van der Waals surface area contributed by atoms with Gasteiger partial charge in [0.05, 0.1) is 6.61 Å². The van der Waals surface area contributed by atoms with E-state index in [2.05, 4.69) is 16.4 Å². The van der Waals surface area contributed by atoms with Crippen LogP contribution in [0.3, 0.4) is 0 Å². The molecule has 0 radical (unpaired) electrons. The van der Waals surface area contributed by atoms with Gasteiger partial charge in [0.25, 0.3) is 0 Å². The summed E-state index contributed by atoms with van der Waals surface area (Å²) in [6.45, 7) is 4.55. The Hall–Kier alpha value is 0.0600. The van der Waals surface area contributed by atoms with E-state index in [9.17, 15) is 4.79 Å². The zero-order valence-corrected chi connectivity index (χ0v) is 8.45. The number of hydrogen-bond acceptors (Lipinski definition) is 2. The van der Waals surface area contributed by atoms with Crippen LogP contribution in [0.4, 0.5) is 0 Å². The fourth-order valence-electron chi connectivity index (χ4n) is 0.863. The van der Waals surface area contributed by atoms with Crippen molar-refractivity contribution in [1.82, 2.24) is 0 Å². The molecule has 0 rings (SSSR count). The van der Waals surface area contributed by atoms with Crippen LogP contribution < -0.4 is 0 Å². The van der Waals surface area contributed by atoms with E-state index in [4.69, 9.17) is 4.52 Å². The summed E-state index contributed by atoms with van der Waals surface area (Å²) in [5.74, 6) is 0.878. The molecule has 0 fully saturated rings. The summed E-state index contributed by atoms with van der Waals surface area (Å²) in [4.78, 5) is 10.6. The van der Waals surface area contributed by atoms with Gasteiger partial charge in [0.15, 0.2) is 0 Å². The molecule has 0 heterocycles. The van der Waals surface area contributed by atoms with Gasteiger partial charge in [-0.05, 0) is 25.7 Å². The predicted octanol–water partition coefficient (Wildman–Crippen LogP) is 2.19. The molecule has 0 aromatic rings. The molecule has 0 aromatic carbocycles. The summed E-state index contributed by atoms with van der Waals surface area (Å²) < 4.78 is 4.85. The molecule has 0 bridgehead atoms. The van der Waals surface area contributed by atoms with E-state index in [0.29, 0.717) is 12.3 Å². The Kier molecular flexibility index (Phi) is 6.79. The van der Waals surface area contributed by atoms with Crippen molar-refractivity contribution in [2.24, 2.45) is 5.92 Å². The van der Waals surface area contributed by atoms with Gasteiger partial charge in [-0.3, -0.25) is 0 Å². The quantitative estimate of drug-likeness (QED) is 0.580. The van der Waals surface area contributed by atoms with Gasteiger partial charge < -0.3 is 9.32 Å². The van der Waals surface area contributed by atoms with Crippen molar-refractivity contribution in [1.29, 1.82) is 0 Å². The van der Waals surface area contributed by atoms with E-state index in [0.717, 1.165) is 19.4 Å². The van der Waals surface area contributed by atoms with Crippen LogP contribution in [0.1, 0.15) is 33.1 Å². The molecule has 0 aliphatic rings. The van der Waals surface area contributed by atoms with Gasteiger partial charge in [0, 0.05) is 15.9 Å². The first-order valence-electron chi connectivity index (χ1n) is 3.98. The largest absolute Gasteiger partial charge is 0.366 e. The van der Waals surface area contributed by atoms with E-state index in [-0.39, 0.29) is 5.78 Å². The van der Waals surface area contributed by atoms with Crippen LogP contribution in [0, 0.1) is 5.92 Å². The summed E-state index contributed by atoms with van der Waals surface area (Å²) in [5, 5.41) is 0. The maximum Gasteiger partial charge on any atom is 0.129 e. The van der Waals surface area contributed by atoms with E-state index in [1.54, 1.807) is 6.92 Å². The summed E-state index contributed by atoms with van der Waals surface area (Å²) >= 11 is 0. The second-order valence-corrected chi connectivity index (χ2v) is 3.34. The molecule has 11 heavy (non-hydrogen) atoms. The van der Waals surface area contributed by atoms with E-state index in [1.165, 1.54) is 0 Å². The van der Waals surface area contributed by atoms with Gasteiger partial charge in [-0.1, -0.05) is 6.92 Å². The molecule has 0 aromatic heterocycles.